The Morgan fingerprint density at radius 2 is 1.77 bits per heavy atom. The molecule has 0 radical (unpaired) electrons. The fraction of sp³-hybridized carbons (Fsp3) is 0.333. The third-order valence-electron chi connectivity index (χ3n) is 4.53. The van der Waals surface area contributed by atoms with Gasteiger partial charge in [-0.2, -0.15) is 0 Å². The van der Waals surface area contributed by atoms with Gasteiger partial charge >= 0.3 is 5.97 Å². The normalized spacial score (nSPS) is 17.0. The number of hydrogen-bond acceptors (Lipinski definition) is 4. The summed E-state index contributed by atoms with van der Waals surface area (Å²) >= 11 is 0. The minimum atomic E-state index is -0.319. The first-order valence-corrected chi connectivity index (χ1v) is 8.76. The van der Waals surface area contributed by atoms with Gasteiger partial charge in [0.2, 0.25) is 5.91 Å². The molecule has 0 aromatic heterocycles. The van der Waals surface area contributed by atoms with Crippen molar-refractivity contribution in [1.29, 1.82) is 0 Å². The Morgan fingerprint density at radius 1 is 1.08 bits per heavy atom. The lowest BCUT2D eigenvalue weighted by Gasteiger charge is -2.32. The zero-order valence-corrected chi connectivity index (χ0v) is 14.9. The molecule has 1 aliphatic heterocycles. The molecule has 2 aromatic carbocycles. The summed E-state index contributed by atoms with van der Waals surface area (Å²) in [5.41, 5.74) is 3.27. The number of nitrogens with zero attached hydrogens (tertiary/aromatic N) is 1. The number of morpholine rings is 1. The molecule has 0 unspecified atom stereocenters. The van der Waals surface area contributed by atoms with Crippen LogP contribution in [0.4, 0.5) is 0 Å². The zero-order chi connectivity index (χ0) is 18.4. The van der Waals surface area contributed by atoms with Gasteiger partial charge in [0, 0.05) is 13.1 Å². The van der Waals surface area contributed by atoms with Crippen LogP contribution in [0.2, 0.25) is 0 Å². The number of benzene rings is 2. The Kier molecular flexibility index (Phi) is 6.02. The number of carbonyl (C=O) groups excluding carboxylic acids is 2. The van der Waals surface area contributed by atoms with E-state index in [9.17, 15) is 9.59 Å². The molecule has 3 rings (SSSR count). The van der Waals surface area contributed by atoms with Crippen LogP contribution in [0.1, 0.15) is 12.0 Å². The molecular weight excluding hydrogens is 330 g/mol. The fourth-order valence-corrected chi connectivity index (χ4v) is 3.07. The Morgan fingerprint density at radius 3 is 2.46 bits per heavy atom. The summed E-state index contributed by atoms with van der Waals surface area (Å²) in [7, 11) is 1.35. The average Bonchev–Trinajstić information content (AvgIpc) is 2.69. The van der Waals surface area contributed by atoms with E-state index in [1.807, 2.05) is 42.5 Å². The van der Waals surface area contributed by atoms with Gasteiger partial charge in [-0.05, 0) is 16.7 Å². The number of ether oxygens (including phenoxy) is 2. The van der Waals surface area contributed by atoms with E-state index in [1.165, 1.54) is 7.11 Å². The second-order valence-electron chi connectivity index (χ2n) is 6.35. The first kappa shape index (κ1) is 18.1. The minimum absolute atomic E-state index is 0.0515. The highest BCUT2D eigenvalue weighted by atomic mass is 16.5. The summed E-state index contributed by atoms with van der Waals surface area (Å²) in [5.74, 6) is -0.267. The molecule has 1 fully saturated rings. The molecule has 5 heteroatoms. The van der Waals surface area contributed by atoms with Gasteiger partial charge in [0.05, 0.1) is 32.7 Å². The fourth-order valence-electron chi connectivity index (χ4n) is 3.07. The van der Waals surface area contributed by atoms with Gasteiger partial charge in [0.15, 0.2) is 0 Å². The number of amides is 1. The van der Waals surface area contributed by atoms with Crippen LogP contribution in [0.5, 0.6) is 0 Å². The minimum Gasteiger partial charge on any atom is -0.469 e. The Bertz CT molecular complexity index is 742. The van der Waals surface area contributed by atoms with E-state index < -0.39 is 0 Å². The largest absolute Gasteiger partial charge is 0.469 e. The van der Waals surface area contributed by atoms with Crippen molar-refractivity contribution in [2.24, 2.45) is 0 Å². The molecule has 5 nitrogen and oxygen atoms in total. The van der Waals surface area contributed by atoms with Gasteiger partial charge in [0.25, 0.3) is 0 Å². The summed E-state index contributed by atoms with van der Waals surface area (Å²) in [4.78, 5) is 25.7. The number of hydrogen-bond donors (Lipinski definition) is 0. The molecule has 1 aliphatic rings. The van der Waals surface area contributed by atoms with Crippen LogP contribution in [-0.2, 0) is 25.5 Å². The van der Waals surface area contributed by atoms with Crippen molar-refractivity contribution in [1.82, 2.24) is 4.90 Å². The van der Waals surface area contributed by atoms with Crippen LogP contribution in [0, 0.1) is 0 Å². The molecule has 2 aromatic rings. The maximum Gasteiger partial charge on any atom is 0.308 e. The van der Waals surface area contributed by atoms with Gasteiger partial charge in [-0.3, -0.25) is 9.59 Å². The van der Waals surface area contributed by atoms with Gasteiger partial charge in [-0.15, -0.1) is 0 Å². The van der Waals surface area contributed by atoms with Crippen LogP contribution in [-0.4, -0.2) is 49.7 Å². The first-order valence-electron chi connectivity index (χ1n) is 8.76. The van der Waals surface area contributed by atoms with Crippen LogP contribution in [0.3, 0.4) is 0 Å². The molecule has 0 saturated carbocycles. The smallest absolute Gasteiger partial charge is 0.308 e. The van der Waals surface area contributed by atoms with Gasteiger partial charge in [0.1, 0.15) is 0 Å². The topological polar surface area (TPSA) is 55.8 Å². The van der Waals surface area contributed by atoms with Gasteiger partial charge < -0.3 is 14.4 Å². The first-order chi connectivity index (χ1) is 12.7. The maximum atomic E-state index is 12.6. The predicted octanol–water partition coefficient (Wildman–Crippen LogP) is 2.69. The summed E-state index contributed by atoms with van der Waals surface area (Å²) in [6, 6.07) is 18.2. The van der Waals surface area contributed by atoms with Crippen molar-refractivity contribution in [3.05, 3.63) is 60.2 Å². The summed E-state index contributed by atoms with van der Waals surface area (Å²) in [6.45, 7) is 1.43. The van der Waals surface area contributed by atoms with Crippen LogP contribution >= 0.6 is 0 Å². The van der Waals surface area contributed by atoms with Crippen LogP contribution < -0.4 is 0 Å². The number of esters is 1. The molecule has 1 amide bonds. The quantitative estimate of drug-likeness (QED) is 0.776. The lowest BCUT2D eigenvalue weighted by molar-refractivity contribution is -0.149. The highest BCUT2D eigenvalue weighted by Gasteiger charge is 2.26. The van der Waals surface area contributed by atoms with Crippen molar-refractivity contribution >= 4 is 11.9 Å². The summed E-state index contributed by atoms with van der Waals surface area (Å²) in [5, 5.41) is 0. The zero-order valence-electron chi connectivity index (χ0n) is 14.9. The van der Waals surface area contributed by atoms with Crippen LogP contribution in [0.25, 0.3) is 11.1 Å². The van der Waals surface area contributed by atoms with E-state index in [1.54, 1.807) is 4.90 Å². The Labute approximate surface area is 153 Å². The standard InChI is InChI=1S/C21H23NO4/c1-25-21(24)14-19-15-22(11-12-26-19)20(23)13-16-7-9-18(10-8-16)17-5-3-2-4-6-17/h2-10,19H,11-15H2,1H3/t19-/m0/s1. The van der Waals surface area contributed by atoms with E-state index >= 15 is 0 Å². The molecule has 1 saturated heterocycles. The monoisotopic (exact) mass is 353 g/mol. The molecule has 26 heavy (non-hydrogen) atoms. The van der Waals surface area contributed by atoms with Crippen molar-refractivity contribution in [3.8, 4) is 11.1 Å². The van der Waals surface area contributed by atoms with Crippen molar-refractivity contribution in [2.75, 3.05) is 26.8 Å². The lowest BCUT2D eigenvalue weighted by Crippen LogP contribution is -2.46. The van der Waals surface area contributed by atoms with Gasteiger partial charge in [-0.25, -0.2) is 0 Å². The van der Waals surface area contributed by atoms with Crippen LogP contribution in [0.15, 0.2) is 54.6 Å². The molecule has 0 aliphatic carbocycles. The van der Waals surface area contributed by atoms with Crippen molar-refractivity contribution in [3.63, 3.8) is 0 Å². The third kappa shape index (κ3) is 4.70. The van der Waals surface area contributed by atoms with E-state index in [0.29, 0.717) is 26.1 Å². The van der Waals surface area contributed by atoms with Crippen molar-refractivity contribution < 1.29 is 19.1 Å². The predicted molar refractivity (Wildman–Crippen MR) is 98.5 cm³/mol. The molecular formula is C21H23NO4. The molecule has 1 atom stereocenters. The highest BCUT2D eigenvalue weighted by molar-refractivity contribution is 5.79. The summed E-state index contributed by atoms with van der Waals surface area (Å²) < 4.78 is 10.2. The highest BCUT2D eigenvalue weighted by Crippen LogP contribution is 2.20. The average molecular weight is 353 g/mol. The van der Waals surface area contributed by atoms with E-state index in [4.69, 9.17) is 4.74 Å². The second kappa shape index (κ2) is 8.63. The van der Waals surface area contributed by atoms with E-state index in [0.717, 1.165) is 16.7 Å². The second-order valence-corrected chi connectivity index (χ2v) is 6.35. The third-order valence-corrected chi connectivity index (χ3v) is 4.53. The number of methoxy groups -OCH3 is 1. The number of carbonyl (C=O) groups is 2. The summed E-state index contributed by atoms with van der Waals surface area (Å²) in [6.07, 6.45) is 0.229. The lowest BCUT2D eigenvalue weighted by atomic mass is 10.0. The van der Waals surface area contributed by atoms with E-state index in [-0.39, 0.29) is 24.4 Å². The molecule has 1 heterocycles. The SMILES string of the molecule is COC(=O)C[C@H]1CN(C(=O)Cc2ccc(-c3ccccc3)cc2)CCO1. The molecule has 0 bridgehead atoms. The molecule has 0 spiro atoms. The number of rotatable bonds is 5. The maximum absolute atomic E-state index is 12.6. The van der Waals surface area contributed by atoms with Gasteiger partial charge in [-0.1, -0.05) is 54.6 Å². The molecule has 0 N–H and O–H groups in total. The Balaban J connectivity index is 1.58. The van der Waals surface area contributed by atoms with E-state index in [2.05, 4.69) is 16.9 Å². The Hall–Kier alpha value is -2.66. The molecule has 136 valence electrons. The van der Waals surface area contributed by atoms with Crippen molar-refractivity contribution in [2.45, 2.75) is 18.9 Å².